The predicted octanol–water partition coefficient (Wildman–Crippen LogP) is 5.23. The van der Waals surface area contributed by atoms with Crippen LogP contribution in [0.1, 0.15) is 37.8 Å². The number of ether oxygens (including phenoxy) is 1. The summed E-state index contributed by atoms with van der Waals surface area (Å²) in [6, 6.07) is 7.84. The van der Waals surface area contributed by atoms with Crippen LogP contribution < -0.4 is 4.74 Å². The van der Waals surface area contributed by atoms with Crippen LogP contribution in [0.5, 0.6) is 5.75 Å². The third-order valence-electron chi connectivity index (χ3n) is 3.39. The molecule has 3 rings (SSSR count). The molecule has 1 heterocycles. The van der Waals surface area contributed by atoms with Gasteiger partial charge in [-0.2, -0.15) is 0 Å². The van der Waals surface area contributed by atoms with E-state index in [2.05, 4.69) is 32.8 Å². The van der Waals surface area contributed by atoms with E-state index in [0.717, 1.165) is 34.5 Å². The van der Waals surface area contributed by atoms with Crippen molar-refractivity contribution < 1.29 is 4.74 Å². The van der Waals surface area contributed by atoms with E-state index in [-0.39, 0.29) is 0 Å². The maximum Gasteiger partial charge on any atom is 0.161 e. The Morgan fingerprint density at radius 1 is 1.24 bits per heavy atom. The number of aromatic nitrogens is 2. The molecule has 2 aromatic rings. The molecule has 21 heavy (non-hydrogen) atoms. The summed E-state index contributed by atoms with van der Waals surface area (Å²) >= 11 is 9.71. The van der Waals surface area contributed by atoms with E-state index in [4.69, 9.17) is 16.3 Å². The topological polar surface area (TPSA) is 35.0 Å². The van der Waals surface area contributed by atoms with Crippen molar-refractivity contribution in [2.75, 3.05) is 6.61 Å². The van der Waals surface area contributed by atoms with Gasteiger partial charge in [0.25, 0.3) is 0 Å². The maximum atomic E-state index is 6.22. The zero-order chi connectivity index (χ0) is 14.8. The number of nitrogens with zero attached hydrogens (tertiary/aromatic N) is 2. The largest absolute Gasteiger partial charge is 0.494 e. The van der Waals surface area contributed by atoms with Gasteiger partial charge < -0.3 is 4.74 Å². The van der Waals surface area contributed by atoms with Crippen LogP contribution in [0.25, 0.3) is 11.4 Å². The normalized spacial score (nSPS) is 14.2. The molecule has 0 radical (unpaired) electrons. The maximum absolute atomic E-state index is 6.22. The van der Waals surface area contributed by atoms with Crippen LogP contribution >= 0.6 is 27.5 Å². The molecule has 5 heteroatoms. The molecule has 1 aliphatic rings. The first-order valence-corrected chi connectivity index (χ1v) is 8.32. The number of hydrogen-bond donors (Lipinski definition) is 0. The fourth-order valence-corrected chi connectivity index (χ4v) is 2.79. The first-order chi connectivity index (χ1) is 10.2. The van der Waals surface area contributed by atoms with Crippen LogP contribution in [0.15, 0.2) is 28.7 Å². The SMILES string of the molecule is CCCOc1ccc(-c2nc(Cl)c(Br)c(C3CC3)n2)cc1. The number of benzene rings is 1. The summed E-state index contributed by atoms with van der Waals surface area (Å²) in [5.74, 6) is 2.06. The molecule has 0 amide bonds. The lowest BCUT2D eigenvalue weighted by Crippen LogP contribution is -1.98. The first kappa shape index (κ1) is 14.8. The molecule has 3 nitrogen and oxygen atoms in total. The van der Waals surface area contributed by atoms with Gasteiger partial charge in [-0.25, -0.2) is 9.97 Å². The molecule has 1 saturated carbocycles. The van der Waals surface area contributed by atoms with Crippen LogP contribution in [0, 0.1) is 0 Å². The average molecular weight is 368 g/mol. The van der Waals surface area contributed by atoms with Gasteiger partial charge in [0.1, 0.15) is 10.9 Å². The van der Waals surface area contributed by atoms with Crippen molar-refractivity contribution in [3.8, 4) is 17.1 Å². The third-order valence-corrected chi connectivity index (χ3v) is 4.67. The molecule has 0 bridgehead atoms. The minimum absolute atomic E-state index is 0.480. The molecule has 1 aromatic carbocycles. The Balaban J connectivity index is 1.89. The molecule has 1 aliphatic carbocycles. The molecule has 1 fully saturated rings. The minimum atomic E-state index is 0.480. The highest BCUT2D eigenvalue weighted by Gasteiger charge is 2.29. The second-order valence-electron chi connectivity index (χ2n) is 5.18. The zero-order valence-electron chi connectivity index (χ0n) is 11.8. The average Bonchev–Trinajstić information content (AvgIpc) is 3.33. The molecule has 0 saturated heterocycles. The van der Waals surface area contributed by atoms with Crippen LogP contribution in [0.4, 0.5) is 0 Å². The summed E-state index contributed by atoms with van der Waals surface area (Å²) in [6.07, 6.45) is 3.35. The van der Waals surface area contributed by atoms with E-state index >= 15 is 0 Å². The Hall–Kier alpha value is -1.13. The van der Waals surface area contributed by atoms with Gasteiger partial charge in [-0.15, -0.1) is 0 Å². The molecule has 0 aliphatic heterocycles. The Labute approximate surface area is 137 Å². The van der Waals surface area contributed by atoms with E-state index in [1.807, 2.05) is 24.3 Å². The van der Waals surface area contributed by atoms with Gasteiger partial charge in [0.15, 0.2) is 5.82 Å². The van der Waals surface area contributed by atoms with Crippen molar-refractivity contribution >= 4 is 27.5 Å². The van der Waals surface area contributed by atoms with Crippen molar-refractivity contribution in [3.63, 3.8) is 0 Å². The van der Waals surface area contributed by atoms with Gasteiger partial charge in [-0.1, -0.05) is 18.5 Å². The Morgan fingerprint density at radius 2 is 1.95 bits per heavy atom. The highest BCUT2D eigenvalue weighted by molar-refractivity contribution is 9.10. The molecule has 0 N–H and O–H groups in total. The second kappa shape index (κ2) is 6.32. The first-order valence-electron chi connectivity index (χ1n) is 7.15. The van der Waals surface area contributed by atoms with Crippen LogP contribution in [-0.4, -0.2) is 16.6 Å². The predicted molar refractivity (Wildman–Crippen MR) is 87.9 cm³/mol. The van der Waals surface area contributed by atoms with Gasteiger partial charge in [0, 0.05) is 11.5 Å². The highest BCUT2D eigenvalue weighted by atomic mass is 79.9. The Bertz CT molecular complexity index is 641. The van der Waals surface area contributed by atoms with E-state index in [1.54, 1.807) is 0 Å². The molecular weight excluding hydrogens is 352 g/mol. The molecule has 0 unspecified atom stereocenters. The summed E-state index contributed by atoms with van der Waals surface area (Å²) in [5, 5.41) is 0.480. The second-order valence-corrected chi connectivity index (χ2v) is 6.34. The highest BCUT2D eigenvalue weighted by Crippen LogP contribution is 2.44. The summed E-state index contributed by atoms with van der Waals surface area (Å²) < 4.78 is 6.42. The number of halogens is 2. The molecular formula is C16H16BrClN2O. The number of rotatable bonds is 5. The van der Waals surface area contributed by atoms with Crippen molar-refractivity contribution in [1.29, 1.82) is 0 Å². The lowest BCUT2D eigenvalue weighted by Gasteiger charge is -2.09. The molecule has 110 valence electrons. The van der Waals surface area contributed by atoms with Crippen LogP contribution in [0.2, 0.25) is 5.15 Å². The van der Waals surface area contributed by atoms with Gasteiger partial charge in [0.05, 0.1) is 16.8 Å². The fourth-order valence-electron chi connectivity index (χ4n) is 2.11. The minimum Gasteiger partial charge on any atom is -0.494 e. The summed E-state index contributed by atoms with van der Waals surface area (Å²) in [4.78, 5) is 9.05. The summed E-state index contributed by atoms with van der Waals surface area (Å²) in [5.41, 5.74) is 1.98. The van der Waals surface area contributed by atoms with Gasteiger partial charge in [0.2, 0.25) is 0 Å². The summed E-state index contributed by atoms with van der Waals surface area (Å²) in [6.45, 7) is 2.82. The van der Waals surface area contributed by atoms with E-state index < -0.39 is 0 Å². The quantitative estimate of drug-likeness (QED) is 0.679. The van der Waals surface area contributed by atoms with Crippen molar-refractivity contribution in [2.45, 2.75) is 32.1 Å². The van der Waals surface area contributed by atoms with Gasteiger partial charge in [-0.3, -0.25) is 0 Å². The zero-order valence-corrected chi connectivity index (χ0v) is 14.1. The Morgan fingerprint density at radius 3 is 2.57 bits per heavy atom. The smallest absolute Gasteiger partial charge is 0.161 e. The summed E-state index contributed by atoms with van der Waals surface area (Å²) in [7, 11) is 0. The molecule has 0 spiro atoms. The van der Waals surface area contributed by atoms with E-state index in [1.165, 1.54) is 12.8 Å². The lowest BCUT2D eigenvalue weighted by molar-refractivity contribution is 0.317. The van der Waals surface area contributed by atoms with Crippen molar-refractivity contribution in [2.24, 2.45) is 0 Å². The third kappa shape index (κ3) is 3.38. The fraction of sp³-hybridized carbons (Fsp3) is 0.375. The van der Waals surface area contributed by atoms with E-state index in [9.17, 15) is 0 Å². The van der Waals surface area contributed by atoms with Gasteiger partial charge >= 0.3 is 0 Å². The standard InChI is InChI=1S/C16H16BrClN2O/c1-2-9-21-12-7-5-11(6-8-12)16-19-14(10-3-4-10)13(17)15(18)20-16/h5-8,10H,2-4,9H2,1H3. The van der Waals surface area contributed by atoms with Crippen LogP contribution in [-0.2, 0) is 0 Å². The molecule has 1 aromatic heterocycles. The van der Waals surface area contributed by atoms with E-state index in [0.29, 0.717) is 16.9 Å². The van der Waals surface area contributed by atoms with Crippen molar-refractivity contribution in [3.05, 3.63) is 39.6 Å². The number of hydrogen-bond acceptors (Lipinski definition) is 3. The van der Waals surface area contributed by atoms with Gasteiger partial charge in [-0.05, 0) is 59.5 Å². The monoisotopic (exact) mass is 366 g/mol. The molecule has 0 atom stereocenters. The van der Waals surface area contributed by atoms with Crippen molar-refractivity contribution in [1.82, 2.24) is 9.97 Å². The lowest BCUT2D eigenvalue weighted by atomic mass is 10.2. The van der Waals surface area contributed by atoms with Crippen LogP contribution in [0.3, 0.4) is 0 Å². The Kier molecular flexibility index (Phi) is 4.45.